The molecule has 9 nitrogen and oxygen atoms in total. The molecule has 0 aliphatic carbocycles. The van der Waals surface area contributed by atoms with Gasteiger partial charge in [0.1, 0.15) is 11.6 Å². The first-order valence-electron chi connectivity index (χ1n) is 14.3. The number of halogens is 3. The Morgan fingerprint density at radius 3 is 2.31 bits per heavy atom. The Morgan fingerprint density at radius 1 is 0.949 bits per heavy atom. The van der Waals surface area contributed by atoms with Gasteiger partial charge in [-0.25, -0.2) is 9.97 Å². The maximum Gasteiger partial charge on any atom is 0.451 e. The average Bonchev–Trinajstić information content (AvgIpc) is 3.53. The molecular weight excluding hydrogens is 507 g/mol. The first-order chi connectivity index (χ1) is 18.7. The predicted molar refractivity (Wildman–Crippen MR) is 144 cm³/mol. The second-order valence-electron chi connectivity index (χ2n) is 11.8. The van der Waals surface area contributed by atoms with E-state index in [-0.39, 0.29) is 6.04 Å². The summed E-state index contributed by atoms with van der Waals surface area (Å²) in [6.07, 6.45) is 0.196. The molecule has 4 saturated heterocycles. The van der Waals surface area contributed by atoms with Gasteiger partial charge in [0.15, 0.2) is 0 Å². The first kappa shape index (κ1) is 26.8. The van der Waals surface area contributed by atoms with E-state index in [9.17, 15) is 13.2 Å². The number of likely N-dealkylation sites (N-methyl/N-ethyl adjacent to an activating group) is 1. The molecule has 39 heavy (non-hydrogen) atoms. The lowest BCUT2D eigenvalue weighted by molar-refractivity contribution is -0.144. The number of piperazine rings is 1. The number of likely N-dealkylation sites (tertiary alicyclic amines) is 1. The zero-order valence-electron chi connectivity index (χ0n) is 23.2. The van der Waals surface area contributed by atoms with Crippen LogP contribution < -0.4 is 15.1 Å². The summed E-state index contributed by atoms with van der Waals surface area (Å²) in [5.74, 6) is 0.0568. The molecule has 0 spiro atoms. The number of anilines is 2. The molecule has 4 aliphatic rings. The molecule has 0 amide bonds. The van der Waals surface area contributed by atoms with E-state index in [4.69, 9.17) is 5.10 Å². The van der Waals surface area contributed by atoms with E-state index in [1.54, 1.807) is 6.07 Å². The van der Waals surface area contributed by atoms with Crippen LogP contribution >= 0.6 is 0 Å². The lowest BCUT2D eigenvalue weighted by Gasteiger charge is -2.53. The van der Waals surface area contributed by atoms with E-state index in [0.29, 0.717) is 49.3 Å². The van der Waals surface area contributed by atoms with Gasteiger partial charge in [-0.1, -0.05) is 0 Å². The Kier molecular flexibility index (Phi) is 7.22. The largest absolute Gasteiger partial charge is 0.451 e. The monoisotopic (exact) mass is 547 g/mol. The van der Waals surface area contributed by atoms with Crippen LogP contribution in [0.4, 0.5) is 24.8 Å². The maximum atomic E-state index is 13.9. The third-order valence-corrected chi connectivity index (χ3v) is 9.24. The minimum Gasteiger partial charge on any atom is -0.356 e. The molecule has 4 aliphatic heterocycles. The molecule has 2 aromatic rings. The quantitative estimate of drug-likeness (QED) is 0.613. The highest BCUT2D eigenvalue weighted by Gasteiger charge is 2.43. The fraction of sp³-hybridized carbons (Fsp3) is 0.741. The molecule has 6 rings (SSSR count). The van der Waals surface area contributed by atoms with Crippen LogP contribution in [-0.4, -0.2) is 108 Å². The maximum absolute atomic E-state index is 13.9. The zero-order valence-corrected chi connectivity index (χ0v) is 23.2. The van der Waals surface area contributed by atoms with Gasteiger partial charge in [-0.15, -0.1) is 0 Å². The van der Waals surface area contributed by atoms with Crippen LogP contribution in [0.15, 0.2) is 12.3 Å². The summed E-state index contributed by atoms with van der Waals surface area (Å²) in [5.41, 5.74) is 2.50. The number of aromatic nitrogens is 4. The van der Waals surface area contributed by atoms with E-state index in [1.807, 2.05) is 16.0 Å². The molecular formula is C27H40F3N9. The van der Waals surface area contributed by atoms with Crippen molar-refractivity contribution in [3.8, 4) is 0 Å². The smallest absolute Gasteiger partial charge is 0.356 e. The number of alkyl halides is 3. The molecule has 4 fully saturated rings. The van der Waals surface area contributed by atoms with Crippen molar-refractivity contribution < 1.29 is 13.2 Å². The van der Waals surface area contributed by atoms with Crippen LogP contribution in [0.5, 0.6) is 0 Å². The normalized spacial score (nSPS) is 27.8. The molecule has 2 unspecified atom stereocenters. The summed E-state index contributed by atoms with van der Waals surface area (Å²) in [7, 11) is 2.14. The number of hydrogen-bond acceptors (Lipinski definition) is 8. The Morgan fingerprint density at radius 2 is 1.67 bits per heavy atom. The average molecular weight is 548 g/mol. The summed E-state index contributed by atoms with van der Waals surface area (Å²) in [6, 6.07) is 2.60. The fourth-order valence-electron chi connectivity index (χ4n) is 6.94. The Hall–Kier alpha value is -2.44. The SMILES string of the molecule is Cc1cnn(C2CCN(C)C2)c1C1CCN(c2cc(N3CC(N4CCNCC4)[C@H]3C)nc(C(F)(F)F)n2)CC1. The number of hydrogen-bond donors (Lipinski definition) is 1. The Labute approximate surface area is 228 Å². The topological polar surface area (TPSA) is 68.6 Å². The predicted octanol–water partition coefficient (Wildman–Crippen LogP) is 2.74. The van der Waals surface area contributed by atoms with Gasteiger partial charge < -0.3 is 20.0 Å². The third-order valence-electron chi connectivity index (χ3n) is 9.24. The van der Waals surface area contributed by atoms with Crippen LogP contribution in [0.25, 0.3) is 0 Å². The second kappa shape index (κ2) is 10.5. The number of rotatable bonds is 5. The lowest BCUT2D eigenvalue weighted by atomic mass is 9.91. The standard InChI is InChI=1S/C27H40F3N9/c1-18-15-32-39(21-6-9-35(3)16-21)25(18)20-4-10-37(11-5-20)23-14-24(34-26(33-23)27(28,29)30)38-17-22(19(38)2)36-12-7-31-8-13-36/h14-15,19-22,31H,4-13,16-17H2,1-3H3/t19-,21?,22?/m1/s1. The van der Waals surface area contributed by atoms with Gasteiger partial charge >= 0.3 is 6.18 Å². The van der Waals surface area contributed by atoms with Gasteiger partial charge in [-0.3, -0.25) is 9.58 Å². The van der Waals surface area contributed by atoms with Gasteiger partial charge in [0.25, 0.3) is 0 Å². The lowest BCUT2D eigenvalue weighted by Crippen LogP contribution is -2.68. The van der Waals surface area contributed by atoms with Crippen molar-refractivity contribution in [2.24, 2.45) is 0 Å². The van der Waals surface area contributed by atoms with Crippen molar-refractivity contribution in [3.05, 3.63) is 29.3 Å². The van der Waals surface area contributed by atoms with E-state index < -0.39 is 12.0 Å². The highest BCUT2D eigenvalue weighted by molar-refractivity contribution is 5.54. The third kappa shape index (κ3) is 5.22. The van der Waals surface area contributed by atoms with Gasteiger partial charge in [0.2, 0.25) is 5.82 Å². The molecule has 6 heterocycles. The summed E-state index contributed by atoms with van der Waals surface area (Å²) in [4.78, 5) is 16.8. The van der Waals surface area contributed by atoms with Gasteiger partial charge in [0.05, 0.1) is 12.2 Å². The highest BCUT2D eigenvalue weighted by Crippen LogP contribution is 2.38. The fourth-order valence-corrected chi connectivity index (χ4v) is 6.94. The Balaban J connectivity index is 1.18. The first-order valence-corrected chi connectivity index (χ1v) is 14.3. The molecule has 12 heteroatoms. The van der Waals surface area contributed by atoms with Crippen molar-refractivity contribution in [3.63, 3.8) is 0 Å². The van der Waals surface area contributed by atoms with Crippen molar-refractivity contribution in [2.45, 2.75) is 63.3 Å². The van der Waals surface area contributed by atoms with E-state index in [0.717, 1.165) is 58.5 Å². The van der Waals surface area contributed by atoms with Gasteiger partial charge in [-0.05, 0) is 52.3 Å². The molecule has 2 aromatic heterocycles. The number of piperidine rings is 1. The molecule has 0 aromatic carbocycles. The molecule has 0 bridgehead atoms. The van der Waals surface area contributed by atoms with Crippen LogP contribution in [-0.2, 0) is 6.18 Å². The summed E-state index contributed by atoms with van der Waals surface area (Å²) in [5, 5.41) is 8.10. The second-order valence-corrected chi connectivity index (χ2v) is 11.8. The van der Waals surface area contributed by atoms with Gasteiger partial charge in [0, 0.05) is 82.1 Å². The minimum atomic E-state index is -4.59. The van der Waals surface area contributed by atoms with Crippen LogP contribution in [0.3, 0.4) is 0 Å². The number of aryl methyl sites for hydroxylation is 1. The van der Waals surface area contributed by atoms with Crippen LogP contribution in [0.2, 0.25) is 0 Å². The van der Waals surface area contributed by atoms with E-state index >= 15 is 0 Å². The van der Waals surface area contributed by atoms with Crippen molar-refractivity contribution in [2.75, 3.05) is 75.8 Å². The Bertz CT molecular complexity index is 1150. The molecule has 0 saturated carbocycles. The van der Waals surface area contributed by atoms with E-state index in [1.165, 1.54) is 11.3 Å². The molecule has 3 atom stereocenters. The van der Waals surface area contributed by atoms with E-state index in [2.05, 4.69) is 50.7 Å². The van der Waals surface area contributed by atoms with Crippen molar-refractivity contribution in [1.29, 1.82) is 0 Å². The molecule has 1 N–H and O–H groups in total. The van der Waals surface area contributed by atoms with Crippen molar-refractivity contribution >= 4 is 11.6 Å². The number of nitrogens with one attached hydrogen (secondary N) is 1. The molecule has 214 valence electrons. The van der Waals surface area contributed by atoms with Crippen LogP contribution in [0.1, 0.15) is 55.2 Å². The minimum absolute atomic E-state index is 0.107. The summed E-state index contributed by atoms with van der Waals surface area (Å²) in [6.45, 7) is 12.1. The van der Waals surface area contributed by atoms with Crippen molar-refractivity contribution in [1.82, 2.24) is 34.9 Å². The summed E-state index contributed by atoms with van der Waals surface area (Å²) < 4.78 is 43.9. The highest BCUT2D eigenvalue weighted by atomic mass is 19.4. The summed E-state index contributed by atoms with van der Waals surface area (Å²) >= 11 is 0. The van der Waals surface area contributed by atoms with Gasteiger partial charge in [-0.2, -0.15) is 18.3 Å². The number of nitrogens with zero attached hydrogens (tertiary/aromatic N) is 8. The van der Waals surface area contributed by atoms with Crippen LogP contribution in [0, 0.1) is 6.92 Å². The molecule has 0 radical (unpaired) electrons. The zero-order chi connectivity index (χ0) is 27.3.